The van der Waals surface area contributed by atoms with E-state index in [0.29, 0.717) is 0 Å². The Morgan fingerprint density at radius 2 is 2.08 bits per heavy atom. The molecule has 0 bridgehead atoms. The monoisotopic (exact) mass is 169 g/mol. The van der Waals surface area contributed by atoms with E-state index in [1.807, 2.05) is 0 Å². The molecule has 3 nitrogen and oxygen atoms in total. The zero-order valence-electron chi connectivity index (χ0n) is 5.77. The van der Waals surface area contributed by atoms with Crippen molar-refractivity contribution in [3.63, 3.8) is 0 Å². The zero-order chi connectivity index (χ0) is 9.14. The molecule has 0 unspecified atom stereocenters. The average Bonchev–Trinajstić information content (AvgIpc) is 2.06. The SMILES string of the molecule is N#Cc1ccc(F)c(N[O-])c1F. The van der Waals surface area contributed by atoms with E-state index in [-0.39, 0.29) is 5.56 Å². The summed E-state index contributed by atoms with van der Waals surface area (Å²) >= 11 is 0. The first-order chi connectivity index (χ1) is 5.70. The minimum atomic E-state index is -1.16. The third kappa shape index (κ3) is 1.20. The van der Waals surface area contributed by atoms with Crippen LogP contribution in [0.3, 0.4) is 0 Å². The lowest BCUT2D eigenvalue weighted by Gasteiger charge is -2.11. The summed E-state index contributed by atoms with van der Waals surface area (Å²) in [7, 11) is 0. The maximum Gasteiger partial charge on any atom is 0.166 e. The number of benzene rings is 1. The van der Waals surface area contributed by atoms with Gasteiger partial charge < -0.3 is 10.7 Å². The van der Waals surface area contributed by atoms with Crippen LogP contribution >= 0.6 is 0 Å². The topological polar surface area (TPSA) is 58.9 Å². The van der Waals surface area contributed by atoms with E-state index in [9.17, 15) is 14.0 Å². The van der Waals surface area contributed by atoms with E-state index in [1.165, 1.54) is 6.07 Å². The fraction of sp³-hybridized carbons (Fsp3) is 0. The smallest absolute Gasteiger partial charge is 0.166 e. The van der Waals surface area contributed by atoms with Crippen molar-refractivity contribution in [2.75, 3.05) is 5.48 Å². The first-order valence-electron chi connectivity index (χ1n) is 2.97. The minimum Gasteiger partial charge on any atom is -0.761 e. The molecule has 1 aromatic rings. The van der Waals surface area contributed by atoms with E-state index in [4.69, 9.17) is 5.26 Å². The Bertz CT molecular complexity index is 346. The predicted octanol–water partition coefficient (Wildman–Crippen LogP) is 1.75. The van der Waals surface area contributed by atoms with Gasteiger partial charge in [-0.25, -0.2) is 8.78 Å². The summed E-state index contributed by atoms with van der Waals surface area (Å²) in [4.78, 5) is 0. The van der Waals surface area contributed by atoms with Crippen molar-refractivity contribution in [1.82, 2.24) is 0 Å². The molecule has 0 aliphatic carbocycles. The fourth-order valence-corrected chi connectivity index (χ4v) is 0.732. The second-order valence-corrected chi connectivity index (χ2v) is 2.00. The van der Waals surface area contributed by atoms with Gasteiger partial charge in [0.1, 0.15) is 11.9 Å². The average molecular weight is 169 g/mol. The Labute approximate surface area is 66.8 Å². The molecule has 0 aliphatic heterocycles. The molecule has 62 valence electrons. The molecule has 0 aliphatic rings. The number of halogens is 2. The van der Waals surface area contributed by atoms with Crippen molar-refractivity contribution in [2.24, 2.45) is 0 Å². The Morgan fingerprint density at radius 1 is 1.42 bits per heavy atom. The van der Waals surface area contributed by atoms with Gasteiger partial charge in [0, 0.05) is 0 Å². The van der Waals surface area contributed by atoms with Crippen LogP contribution in [0.1, 0.15) is 5.56 Å². The molecule has 0 atom stereocenters. The second kappa shape index (κ2) is 3.15. The van der Waals surface area contributed by atoms with Crippen LogP contribution in [-0.4, -0.2) is 0 Å². The largest absolute Gasteiger partial charge is 0.761 e. The van der Waals surface area contributed by atoms with Crippen LogP contribution in [0.25, 0.3) is 0 Å². The second-order valence-electron chi connectivity index (χ2n) is 2.00. The maximum absolute atomic E-state index is 12.8. The highest BCUT2D eigenvalue weighted by molar-refractivity contribution is 5.52. The third-order valence-electron chi connectivity index (χ3n) is 1.31. The van der Waals surface area contributed by atoms with Gasteiger partial charge >= 0.3 is 0 Å². The van der Waals surface area contributed by atoms with Gasteiger partial charge in [-0.2, -0.15) is 5.26 Å². The van der Waals surface area contributed by atoms with Crippen LogP contribution < -0.4 is 5.48 Å². The molecule has 0 aromatic heterocycles. The quantitative estimate of drug-likeness (QED) is 0.651. The molecular formula is C7H3F2N2O-. The molecule has 0 saturated heterocycles. The highest BCUT2D eigenvalue weighted by atomic mass is 19.1. The van der Waals surface area contributed by atoms with Gasteiger partial charge in [0.15, 0.2) is 5.82 Å². The highest BCUT2D eigenvalue weighted by Gasteiger charge is 2.09. The molecule has 0 radical (unpaired) electrons. The van der Waals surface area contributed by atoms with Crippen molar-refractivity contribution in [3.05, 3.63) is 34.5 Å². The highest BCUT2D eigenvalue weighted by Crippen LogP contribution is 2.20. The molecule has 5 heteroatoms. The Hall–Kier alpha value is -1.67. The van der Waals surface area contributed by atoms with Gasteiger partial charge in [0.05, 0.1) is 11.3 Å². The van der Waals surface area contributed by atoms with Crippen LogP contribution in [0.5, 0.6) is 0 Å². The van der Waals surface area contributed by atoms with E-state index in [0.717, 1.165) is 17.6 Å². The lowest BCUT2D eigenvalue weighted by Crippen LogP contribution is -1.97. The first-order valence-corrected chi connectivity index (χ1v) is 2.97. The summed E-state index contributed by atoms with van der Waals surface area (Å²) in [5.41, 5.74) is -0.104. The molecular weight excluding hydrogens is 166 g/mol. The minimum absolute atomic E-state index is 0.366. The molecule has 0 amide bonds. The molecule has 1 rings (SSSR count). The van der Waals surface area contributed by atoms with Gasteiger partial charge in [-0.05, 0) is 12.1 Å². The van der Waals surface area contributed by atoms with Crippen molar-refractivity contribution < 1.29 is 8.78 Å². The van der Waals surface area contributed by atoms with E-state index in [1.54, 1.807) is 0 Å². The summed E-state index contributed by atoms with van der Waals surface area (Å²) in [6, 6.07) is 3.29. The van der Waals surface area contributed by atoms with E-state index >= 15 is 0 Å². The van der Waals surface area contributed by atoms with Crippen LogP contribution in [0.4, 0.5) is 14.5 Å². The van der Waals surface area contributed by atoms with Crippen LogP contribution in [0.2, 0.25) is 0 Å². The number of hydrogen-bond donors (Lipinski definition) is 1. The molecule has 1 aromatic carbocycles. The van der Waals surface area contributed by atoms with Crippen molar-refractivity contribution in [2.45, 2.75) is 0 Å². The van der Waals surface area contributed by atoms with Crippen LogP contribution in [0.15, 0.2) is 12.1 Å². The van der Waals surface area contributed by atoms with Gasteiger partial charge in [0.25, 0.3) is 0 Å². The number of anilines is 1. The first kappa shape index (κ1) is 8.43. The van der Waals surface area contributed by atoms with Crippen molar-refractivity contribution >= 4 is 5.69 Å². The third-order valence-corrected chi connectivity index (χ3v) is 1.31. The molecule has 0 heterocycles. The molecule has 1 N–H and O–H groups in total. The summed E-state index contributed by atoms with van der Waals surface area (Å²) in [6.45, 7) is 0. The number of nitrogens with one attached hydrogen (secondary N) is 1. The van der Waals surface area contributed by atoms with Crippen molar-refractivity contribution in [3.8, 4) is 6.07 Å². The summed E-state index contributed by atoms with van der Waals surface area (Å²) < 4.78 is 25.4. The molecule has 0 saturated carbocycles. The number of nitrogens with zero attached hydrogens (tertiary/aromatic N) is 1. The van der Waals surface area contributed by atoms with Gasteiger partial charge in [0.2, 0.25) is 0 Å². The van der Waals surface area contributed by atoms with E-state index < -0.39 is 17.3 Å². The number of nitriles is 1. The van der Waals surface area contributed by atoms with Gasteiger partial charge in [-0.1, -0.05) is 0 Å². The van der Waals surface area contributed by atoms with Crippen LogP contribution in [0, 0.1) is 28.2 Å². The molecule has 0 fully saturated rings. The standard InChI is InChI=1S/C7H3F2N2O/c8-5-2-1-4(3-10)6(9)7(5)11-12/h1-2,11H/q-1. The lowest BCUT2D eigenvalue weighted by atomic mass is 10.2. The maximum atomic E-state index is 12.8. The summed E-state index contributed by atoms with van der Waals surface area (Å²) in [5, 5.41) is 18.3. The normalized spacial score (nSPS) is 9.17. The van der Waals surface area contributed by atoms with Crippen LogP contribution in [-0.2, 0) is 0 Å². The Kier molecular flexibility index (Phi) is 2.21. The molecule has 12 heavy (non-hydrogen) atoms. The number of hydrogen-bond acceptors (Lipinski definition) is 3. The Morgan fingerprint density at radius 3 is 2.58 bits per heavy atom. The van der Waals surface area contributed by atoms with E-state index in [2.05, 4.69) is 0 Å². The fourth-order valence-electron chi connectivity index (χ4n) is 0.732. The Balaban J connectivity index is 3.36. The number of rotatable bonds is 1. The van der Waals surface area contributed by atoms with Crippen molar-refractivity contribution in [1.29, 1.82) is 5.26 Å². The van der Waals surface area contributed by atoms with Gasteiger partial charge in [-0.3, -0.25) is 0 Å². The lowest BCUT2D eigenvalue weighted by molar-refractivity contribution is 0.588. The predicted molar refractivity (Wildman–Crippen MR) is 38.1 cm³/mol. The summed E-state index contributed by atoms with van der Waals surface area (Å²) in [6.07, 6.45) is 0. The molecule has 0 spiro atoms. The van der Waals surface area contributed by atoms with Gasteiger partial charge in [-0.15, -0.1) is 0 Å². The zero-order valence-corrected chi connectivity index (χ0v) is 5.77. The summed E-state index contributed by atoms with van der Waals surface area (Å²) in [5.74, 6) is -2.17.